The molecule has 0 unspecified atom stereocenters. The molecule has 1 radical (unpaired) electrons. The van der Waals surface area contributed by atoms with E-state index >= 15 is 0 Å². The van der Waals surface area contributed by atoms with Crippen LogP contribution in [0.1, 0.15) is 18.9 Å². The van der Waals surface area contributed by atoms with Crippen LogP contribution in [0.15, 0.2) is 18.2 Å². The number of nitrogen functional groups attached to an aromatic ring is 1. The Morgan fingerprint density at radius 2 is 2.31 bits per heavy atom. The Labute approximate surface area is 77.1 Å². The van der Waals surface area contributed by atoms with Crippen molar-refractivity contribution >= 4 is 11.4 Å². The van der Waals surface area contributed by atoms with Gasteiger partial charge in [-0.25, -0.2) is 4.39 Å². The molecule has 0 saturated heterocycles. The zero-order chi connectivity index (χ0) is 9.84. The zero-order valence-electron chi connectivity index (χ0n) is 7.47. The summed E-state index contributed by atoms with van der Waals surface area (Å²) in [6, 6.07) is 4.43. The molecule has 0 aliphatic heterocycles. The van der Waals surface area contributed by atoms with Crippen LogP contribution in [0.3, 0.4) is 0 Å². The summed E-state index contributed by atoms with van der Waals surface area (Å²) in [6.07, 6.45) is 2.40. The van der Waals surface area contributed by atoms with Crippen LogP contribution in [0.2, 0.25) is 0 Å². The molecule has 3 heteroatoms. The first-order valence-electron chi connectivity index (χ1n) is 4.05. The van der Waals surface area contributed by atoms with Gasteiger partial charge in [-0.15, -0.1) is 0 Å². The lowest BCUT2D eigenvalue weighted by molar-refractivity contribution is 0.632. The van der Waals surface area contributed by atoms with Crippen molar-refractivity contribution in [3.8, 4) is 0 Å². The van der Waals surface area contributed by atoms with E-state index in [9.17, 15) is 4.39 Å². The molecule has 0 aliphatic rings. The molecule has 0 amide bonds. The van der Waals surface area contributed by atoms with Gasteiger partial charge in [-0.05, 0) is 30.5 Å². The molecular weight excluding hydrogens is 167 g/mol. The molecule has 0 aliphatic carbocycles. The average Bonchev–Trinajstić information content (AvgIpc) is 2.10. The maximum atomic E-state index is 12.9. The summed E-state index contributed by atoms with van der Waals surface area (Å²) < 4.78 is 12.9. The minimum absolute atomic E-state index is 0.122. The minimum atomic E-state index is -0.460. The molecule has 0 fully saturated rings. The van der Waals surface area contributed by atoms with Crippen molar-refractivity contribution < 1.29 is 4.39 Å². The molecule has 1 rings (SSSR count). The van der Waals surface area contributed by atoms with E-state index in [0.717, 1.165) is 0 Å². The first kappa shape index (κ1) is 9.71. The third-order valence-electron chi connectivity index (χ3n) is 1.76. The van der Waals surface area contributed by atoms with Crippen LogP contribution >= 0.6 is 0 Å². The van der Waals surface area contributed by atoms with Gasteiger partial charge in [-0.2, -0.15) is 0 Å². The third kappa shape index (κ3) is 2.28. The number of hydrogen-bond donors (Lipinski definition) is 2. The maximum Gasteiger partial charge on any atom is 0.146 e. The molecule has 69 valence electrons. The molecular formula is C10H12FN2. The second-order valence-electron chi connectivity index (χ2n) is 2.83. The Kier molecular flexibility index (Phi) is 3.01. The summed E-state index contributed by atoms with van der Waals surface area (Å²) in [5, 5.41) is 7.56. The molecule has 0 spiro atoms. The van der Waals surface area contributed by atoms with Gasteiger partial charge in [0.1, 0.15) is 5.82 Å². The predicted molar refractivity (Wildman–Crippen MR) is 52.2 cm³/mol. The van der Waals surface area contributed by atoms with Crippen LogP contribution in [0.25, 0.3) is 0 Å². The van der Waals surface area contributed by atoms with Crippen LogP contribution in [0.5, 0.6) is 0 Å². The number of hydrogen-bond acceptors (Lipinski definition) is 2. The second-order valence-corrected chi connectivity index (χ2v) is 2.83. The average molecular weight is 179 g/mol. The van der Waals surface area contributed by atoms with Gasteiger partial charge >= 0.3 is 0 Å². The molecule has 0 bridgehead atoms. The molecule has 2 nitrogen and oxygen atoms in total. The Morgan fingerprint density at radius 1 is 1.62 bits per heavy atom. The molecule has 1 aromatic carbocycles. The van der Waals surface area contributed by atoms with Gasteiger partial charge in [0.15, 0.2) is 0 Å². The number of nitrogens with one attached hydrogen (secondary N) is 1. The fourth-order valence-corrected chi connectivity index (χ4v) is 1.04. The Bertz CT molecular complexity index is 321. The summed E-state index contributed by atoms with van der Waals surface area (Å²) in [5.41, 5.74) is 6.42. The number of anilines is 1. The predicted octanol–water partition coefficient (Wildman–Crippen LogP) is 2.39. The van der Waals surface area contributed by atoms with Crippen molar-refractivity contribution in [3.05, 3.63) is 36.0 Å². The van der Waals surface area contributed by atoms with Crippen LogP contribution in [-0.2, 0) is 0 Å². The number of benzene rings is 1. The third-order valence-corrected chi connectivity index (χ3v) is 1.76. The zero-order valence-corrected chi connectivity index (χ0v) is 7.47. The summed E-state index contributed by atoms with van der Waals surface area (Å²) in [7, 11) is 0. The lowest BCUT2D eigenvalue weighted by Gasteiger charge is -2.03. The Hall–Kier alpha value is -1.38. The highest BCUT2D eigenvalue weighted by molar-refractivity contribution is 5.99. The van der Waals surface area contributed by atoms with E-state index in [1.165, 1.54) is 12.1 Å². The largest absolute Gasteiger partial charge is 0.396 e. The number of rotatable bonds is 3. The van der Waals surface area contributed by atoms with Crippen LogP contribution in [-0.4, -0.2) is 5.71 Å². The minimum Gasteiger partial charge on any atom is -0.396 e. The van der Waals surface area contributed by atoms with E-state index in [1.807, 2.05) is 13.3 Å². The smallest absolute Gasteiger partial charge is 0.146 e. The van der Waals surface area contributed by atoms with Crippen molar-refractivity contribution in [2.45, 2.75) is 13.3 Å². The van der Waals surface area contributed by atoms with E-state index in [4.69, 9.17) is 11.1 Å². The van der Waals surface area contributed by atoms with Gasteiger partial charge in [0.25, 0.3) is 0 Å². The quantitative estimate of drug-likeness (QED) is 0.543. The van der Waals surface area contributed by atoms with Crippen molar-refractivity contribution in [2.24, 2.45) is 0 Å². The first-order chi connectivity index (χ1) is 6.15. The van der Waals surface area contributed by atoms with E-state index in [-0.39, 0.29) is 5.69 Å². The second kappa shape index (κ2) is 4.03. The van der Waals surface area contributed by atoms with Crippen molar-refractivity contribution in [2.75, 3.05) is 5.73 Å². The molecule has 3 N–H and O–H groups in total. The molecule has 1 aromatic rings. The topological polar surface area (TPSA) is 49.9 Å². The van der Waals surface area contributed by atoms with Gasteiger partial charge in [0, 0.05) is 5.71 Å². The maximum absolute atomic E-state index is 12.9. The van der Waals surface area contributed by atoms with Crippen LogP contribution < -0.4 is 5.73 Å². The van der Waals surface area contributed by atoms with E-state index in [0.29, 0.717) is 17.7 Å². The monoisotopic (exact) mass is 179 g/mol. The molecule has 13 heavy (non-hydrogen) atoms. The highest BCUT2D eigenvalue weighted by Crippen LogP contribution is 2.13. The molecule has 0 saturated carbocycles. The van der Waals surface area contributed by atoms with E-state index < -0.39 is 5.82 Å². The van der Waals surface area contributed by atoms with Gasteiger partial charge < -0.3 is 11.1 Å². The van der Waals surface area contributed by atoms with Crippen molar-refractivity contribution in [3.63, 3.8) is 0 Å². The van der Waals surface area contributed by atoms with Gasteiger partial charge in [0.05, 0.1) is 5.69 Å². The highest BCUT2D eigenvalue weighted by Gasteiger charge is 2.03. The fourth-order valence-electron chi connectivity index (χ4n) is 1.04. The van der Waals surface area contributed by atoms with E-state index in [2.05, 4.69) is 0 Å². The van der Waals surface area contributed by atoms with Crippen LogP contribution in [0.4, 0.5) is 10.1 Å². The molecule has 0 atom stereocenters. The van der Waals surface area contributed by atoms with Gasteiger partial charge in [-0.1, -0.05) is 13.0 Å². The molecule has 0 aromatic heterocycles. The fraction of sp³-hybridized carbons (Fsp3) is 0.200. The number of nitrogens with two attached hydrogens (primary N) is 1. The first-order valence-corrected chi connectivity index (χ1v) is 4.05. The number of halogens is 1. The Balaban J connectivity index is 2.90. The SMILES string of the molecule is C[CH]CC(=N)c1ccc(N)c(F)c1. The lowest BCUT2D eigenvalue weighted by atomic mass is 10.1. The van der Waals surface area contributed by atoms with Gasteiger partial charge in [0.2, 0.25) is 0 Å². The molecule has 0 heterocycles. The van der Waals surface area contributed by atoms with Crippen LogP contribution in [0, 0.1) is 17.6 Å². The van der Waals surface area contributed by atoms with Gasteiger partial charge in [-0.3, -0.25) is 0 Å². The summed E-state index contributed by atoms with van der Waals surface area (Å²) in [4.78, 5) is 0. The Morgan fingerprint density at radius 3 is 2.85 bits per heavy atom. The normalized spacial score (nSPS) is 10.0. The van der Waals surface area contributed by atoms with Crippen molar-refractivity contribution in [1.29, 1.82) is 5.41 Å². The van der Waals surface area contributed by atoms with E-state index in [1.54, 1.807) is 6.07 Å². The summed E-state index contributed by atoms with van der Waals surface area (Å²) in [5.74, 6) is -0.460. The summed E-state index contributed by atoms with van der Waals surface area (Å²) >= 11 is 0. The van der Waals surface area contributed by atoms with Crippen molar-refractivity contribution in [1.82, 2.24) is 0 Å². The standard InChI is InChI=1S/C10H12FN2/c1-2-3-9(12)7-4-5-10(13)8(11)6-7/h2,4-6,12H,3,13H2,1H3. The lowest BCUT2D eigenvalue weighted by Crippen LogP contribution is -2.00. The highest BCUT2D eigenvalue weighted by atomic mass is 19.1. The summed E-state index contributed by atoms with van der Waals surface area (Å²) in [6.45, 7) is 1.86.